The summed E-state index contributed by atoms with van der Waals surface area (Å²) in [4.78, 5) is 4.03. The van der Waals surface area contributed by atoms with E-state index in [9.17, 15) is 8.78 Å². The van der Waals surface area contributed by atoms with Crippen molar-refractivity contribution in [3.05, 3.63) is 48.3 Å². The first-order valence-corrected chi connectivity index (χ1v) is 9.68. The number of rotatable bonds is 10. The largest absolute Gasteiger partial charge is 0.493 e. The van der Waals surface area contributed by atoms with E-state index in [1.54, 1.807) is 31.6 Å². The SMILES string of the molecule is COCCn1c(SCc2ccc(OC(F)F)c(OC)c2)nnc1-c1ccncc1. The van der Waals surface area contributed by atoms with Crippen LogP contribution in [0.25, 0.3) is 11.4 Å². The highest BCUT2D eigenvalue weighted by Gasteiger charge is 2.16. The van der Waals surface area contributed by atoms with Crippen molar-refractivity contribution in [1.29, 1.82) is 0 Å². The third-order valence-electron chi connectivity index (χ3n) is 3.99. The molecule has 0 bridgehead atoms. The number of hydrogen-bond acceptors (Lipinski definition) is 7. The van der Waals surface area contributed by atoms with E-state index in [1.807, 2.05) is 16.7 Å². The number of alkyl halides is 2. The second-order valence-electron chi connectivity index (χ2n) is 5.84. The Kier molecular flexibility index (Phi) is 7.36. The van der Waals surface area contributed by atoms with Gasteiger partial charge in [-0.15, -0.1) is 10.2 Å². The molecule has 0 N–H and O–H groups in total. The average Bonchev–Trinajstić information content (AvgIpc) is 3.14. The molecule has 154 valence electrons. The molecule has 0 aliphatic rings. The molecule has 0 aliphatic carbocycles. The molecule has 29 heavy (non-hydrogen) atoms. The molecule has 2 aromatic heterocycles. The lowest BCUT2D eigenvalue weighted by Crippen LogP contribution is -2.07. The van der Waals surface area contributed by atoms with Gasteiger partial charge in [-0.3, -0.25) is 9.55 Å². The summed E-state index contributed by atoms with van der Waals surface area (Å²) in [5.74, 6) is 1.53. The van der Waals surface area contributed by atoms with E-state index in [-0.39, 0.29) is 11.5 Å². The van der Waals surface area contributed by atoms with Gasteiger partial charge >= 0.3 is 6.61 Å². The summed E-state index contributed by atoms with van der Waals surface area (Å²) in [7, 11) is 3.05. The molecular formula is C19H20F2N4O3S. The number of nitrogens with zero attached hydrogens (tertiary/aromatic N) is 4. The highest BCUT2D eigenvalue weighted by Crippen LogP contribution is 2.32. The smallest absolute Gasteiger partial charge is 0.387 e. The van der Waals surface area contributed by atoms with Gasteiger partial charge in [0.05, 0.1) is 20.3 Å². The zero-order chi connectivity index (χ0) is 20.6. The summed E-state index contributed by atoms with van der Waals surface area (Å²) in [6.45, 7) is -1.81. The van der Waals surface area contributed by atoms with E-state index >= 15 is 0 Å². The molecule has 0 atom stereocenters. The van der Waals surface area contributed by atoms with Gasteiger partial charge in [0.2, 0.25) is 0 Å². The lowest BCUT2D eigenvalue weighted by Gasteiger charge is -2.12. The Hall–Kier alpha value is -2.72. The predicted octanol–water partition coefficient (Wildman–Crippen LogP) is 3.89. The Bertz CT molecular complexity index is 925. The topological polar surface area (TPSA) is 71.3 Å². The van der Waals surface area contributed by atoms with Crippen LogP contribution in [0.1, 0.15) is 5.56 Å². The standard InChI is InChI=1S/C19H20F2N4O3S/c1-26-10-9-25-17(14-5-7-22-8-6-14)23-24-19(25)29-12-13-3-4-15(28-18(20)21)16(11-13)27-2/h3-8,11,18H,9-10,12H2,1-2H3. The van der Waals surface area contributed by atoms with E-state index in [4.69, 9.17) is 9.47 Å². The highest BCUT2D eigenvalue weighted by molar-refractivity contribution is 7.98. The molecule has 3 aromatic rings. The lowest BCUT2D eigenvalue weighted by atomic mass is 10.2. The van der Waals surface area contributed by atoms with Crippen LogP contribution in [0, 0.1) is 0 Å². The van der Waals surface area contributed by atoms with E-state index < -0.39 is 6.61 Å². The second kappa shape index (κ2) is 10.2. The van der Waals surface area contributed by atoms with Crippen LogP contribution in [0.15, 0.2) is 47.9 Å². The van der Waals surface area contributed by atoms with Crippen molar-refractivity contribution in [2.75, 3.05) is 20.8 Å². The molecular weight excluding hydrogens is 402 g/mol. The Morgan fingerprint density at radius 3 is 2.55 bits per heavy atom. The van der Waals surface area contributed by atoms with Crippen molar-refractivity contribution in [2.45, 2.75) is 24.1 Å². The minimum atomic E-state index is -2.91. The first-order chi connectivity index (χ1) is 14.1. The van der Waals surface area contributed by atoms with Crippen LogP contribution in [0.3, 0.4) is 0 Å². The third kappa shape index (κ3) is 5.42. The number of hydrogen-bond donors (Lipinski definition) is 0. The summed E-state index contributed by atoms with van der Waals surface area (Å²) in [6, 6.07) is 8.60. The van der Waals surface area contributed by atoms with Crippen LogP contribution < -0.4 is 9.47 Å². The van der Waals surface area contributed by atoms with Gasteiger partial charge in [0.1, 0.15) is 0 Å². The molecule has 1 aromatic carbocycles. The van der Waals surface area contributed by atoms with Crippen molar-refractivity contribution in [2.24, 2.45) is 0 Å². The molecule has 0 radical (unpaired) electrons. The van der Waals surface area contributed by atoms with Gasteiger partial charge in [-0.05, 0) is 29.8 Å². The monoisotopic (exact) mass is 422 g/mol. The number of methoxy groups -OCH3 is 2. The maximum Gasteiger partial charge on any atom is 0.387 e. The maximum atomic E-state index is 12.5. The number of halogens is 2. The minimum Gasteiger partial charge on any atom is -0.493 e. The highest BCUT2D eigenvalue weighted by atomic mass is 32.2. The number of benzene rings is 1. The molecule has 0 spiro atoms. The molecule has 0 amide bonds. The first kappa shape index (κ1) is 21.0. The van der Waals surface area contributed by atoms with E-state index in [0.29, 0.717) is 18.9 Å². The van der Waals surface area contributed by atoms with Crippen LogP contribution in [0.2, 0.25) is 0 Å². The fourth-order valence-corrected chi connectivity index (χ4v) is 3.54. The van der Waals surface area contributed by atoms with Gasteiger partial charge < -0.3 is 14.2 Å². The number of aromatic nitrogens is 4. The van der Waals surface area contributed by atoms with Crippen LogP contribution >= 0.6 is 11.8 Å². The predicted molar refractivity (Wildman–Crippen MR) is 104 cm³/mol. The van der Waals surface area contributed by atoms with Crippen molar-refractivity contribution in [3.63, 3.8) is 0 Å². The van der Waals surface area contributed by atoms with E-state index in [0.717, 1.165) is 22.1 Å². The molecule has 7 nitrogen and oxygen atoms in total. The fourth-order valence-electron chi connectivity index (χ4n) is 2.64. The Morgan fingerprint density at radius 2 is 1.86 bits per heavy atom. The Labute approximate surface area is 171 Å². The van der Waals surface area contributed by atoms with Crippen LogP contribution in [-0.2, 0) is 17.0 Å². The lowest BCUT2D eigenvalue weighted by molar-refractivity contribution is -0.0512. The molecule has 10 heteroatoms. The molecule has 0 unspecified atom stereocenters. The Morgan fingerprint density at radius 1 is 1.07 bits per heavy atom. The summed E-state index contributed by atoms with van der Waals surface area (Å²) in [5, 5.41) is 9.34. The van der Waals surface area contributed by atoms with Gasteiger partial charge in [0, 0.05) is 30.8 Å². The molecule has 2 heterocycles. The zero-order valence-electron chi connectivity index (χ0n) is 15.9. The van der Waals surface area contributed by atoms with Crippen molar-refractivity contribution in [3.8, 4) is 22.9 Å². The van der Waals surface area contributed by atoms with Gasteiger partial charge in [-0.2, -0.15) is 8.78 Å². The summed E-state index contributed by atoms with van der Waals surface area (Å²) >= 11 is 1.48. The summed E-state index contributed by atoms with van der Waals surface area (Å²) in [5.41, 5.74) is 1.78. The molecule has 0 saturated carbocycles. The summed E-state index contributed by atoms with van der Waals surface area (Å²) in [6.07, 6.45) is 3.40. The van der Waals surface area contributed by atoms with E-state index in [1.165, 1.54) is 24.9 Å². The number of pyridine rings is 1. The maximum absolute atomic E-state index is 12.5. The van der Waals surface area contributed by atoms with Gasteiger partial charge in [-0.25, -0.2) is 0 Å². The average molecular weight is 422 g/mol. The van der Waals surface area contributed by atoms with Crippen LogP contribution in [0.5, 0.6) is 11.5 Å². The molecule has 0 saturated heterocycles. The fraction of sp³-hybridized carbons (Fsp3) is 0.316. The number of thioether (sulfide) groups is 1. The van der Waals surface area contributed by atoms with E-state index in [2.05, 4.69) is 19.9 Å². The molecule has 0 aliphatic heterocycles. The van der Waals surface area contributed by atoms with Gasteiger partial charge in [0.15, 0.2) is 22.5 Å². The van der Waals surface area contributed by atoms with Crippen molar-refractivity contribution >= 4 is 11.8 Å². The quantitative estimate of drug-likeness (QED) is 0.459. The second-order valence-corrected chi connectivity index (χ2v) is 6.78. The molecule has 0 fully saturated rings. The van der Waals surface area contributed by atoms with Crippen LogP contribution in [-0.4, -0.2) is 47.2 Å². The first-order valence-electron chi connectivity index (χ1n) is 8.69. The van der Waals surface area contributed by atoms with Crippen molar-refractivity contribution in [1.82, 2.24) is 19.7 Å². The minimum absolute atomic E-state index is 0.000477. The van der Waals surface area contributed by atoms with Gasteiger partial charge in [-0.1, -0.05) is 17.8 Å². The Balaban J connectivity index is 1.79. The summed E-state index contributed by atoms with van der Waals surface area (Å²) < 4.78 is 41.8. The number of ether oxygens (including phenoxy) is 3. The zero-order valence-corrected chi connectivity index (χ0v) is 16.7. The normalized spacial score (nSPS) is 11.1. The van der Waals surface area contributed by atoms with Gasteiger partial charge in [0.25, 0.3) is 0 Å². The molecule has 3 rings (SSSR count). The van der Waals surface area contributed by atoms with Crippen LogP contribution in [0.4, 0.5) is 8.78 Å². The third-order valence-corrected chi connectivity index (χ3v) is 5.02. The van der Waals surface area contributed by atoms with Crippen molar-refractivity contribution < 1.29 is 23.0 Å².